The van der Waals surface area contributed by atoms with Crippen LogP contribution in [0.3, 0.4) is 0 Å². The predicted molar refractivity (Wildman–Crippen MR) is 50.3 cm³/mol. The standard InChI is InChI=1S/C8H8ClN3/c1-4-8(9)5-2-7(10)12-6(5)3-11-4/h2-3,12H,10H2,1H3. The molecule has 0 unspecified atom stereocenters. The smallest absolute Gasteiger partial charge is 0.101 e. The Morgan fingerprint density at radius 1 is 1.58 bits per heavy atom. The van der Waals surface area contributed by atoms with Gasteiger partial charge in [0.05, 0.1) is 22.4 Å². The van der Waals surface area contributed by atoms with E-state index in [1.54, 1.807) is 6.20 Å². The van der Waals surface area contributed by atoms with Crippen LogP contribution in [0.1, 0.15) is 5.69 Å². The summed E-state index contributed by atoms with van der Waals surface area (Å²) < 4.78 is 0. The minimum absolute atomic E-state index is 0.610. The number of anilines is 1. The lowest BCUT2D eigenvalue weighted by atomic mass is 10.3. The fraction of sp³-hybridized carbons (Fsp3) is 0.125. The molecule has 0 aliphatic heterocycles. The maximum Gasteiger partial charge on any atom is 0.101 e. The number of aromatic nitrogens is 2. The summed E-state index contributed by atoms with van der Waals surface area (Å²) >= 11 is 6.00. The molecule has 0 aliphatic rings. The van der Waals surface area contributed by atoms with Gasteiger partial charge in [0.25, 0.3) is 0 Å². The Bertz CT molecular complexity index is 433. The molecule has 2 aromatic rings. The monoisotopic (exact) mass is 181 g/mol. The van der Waals surface area contributed by atoms with Crippen LogP contribution in [-0.2, 0) is 0 Å². The summed E-state index contributed by atoms with van der Waals surface area (Å²) in [6, 6.07) is 1.81. The van der Waals surface area contributed by atoms with Gasteiger partial charge >= 0.3 is 0 Å². The third kappa shape index (κ3) is 0.940. The van der Waals surface area contributed by atoms with E-state index < -0.39 is 0 Å². The van der Waals surface area contributed by atoms with Crippen molar-refractivity contribution in [2.45, 2.75) is 6.92 Å². The summed E-state index contributed by atoms with van der Waals surface area (Å²) in [6.45, 7) is 1.87. The molecule has 3 nitrogen and oxygen atoms in total. The van der Waals surface area contributed by atoms with Gasteiger partial charge in [-0.2, -0.15) is 0 Å². The lowest BCUT2D eigenvalue weighted by Crippen LogP contribution is -1.82. The molecule has 0 aromatic carbocycles. The van der Waals surface area contributed by atoms with E-state index in [9.17, 15) is 0 Å². The van der Waals surface area contributed by atoms with Crippen LogP contribution in [0.15, 0.2) is 12.3 Å². The van der Waals surface area contributed by atoms with Crippen molar-refractivity contribution >= 4 is 28.3 Å². The maximum atomic E-state index is 6.00. The maximum absolute atomic E-state index is 6.00. The Balaban J connectivity index is 2.89. The molecule has 12 heavy (non-hydrogen) atoms. The van der Waals surface area contributed by atoms with Crippen LogP contribution in [0.25, 0.3) is 10.9 Å². The van der Waals surface area contributed by atoms with E-state index in [0.29, 0.717) is 10.8 Å². The topological polar surface area (TPSA) is 54.7 Å². The number of nitrogen functional groups attached to an aromatic ring is 1. The molecule has 0 atom stereocenters. The summed E-state index contributed by atoms with van der Waals surface area (Å²) in [7, 11) is 0. The third-order valence-corrected chi connectivity index (χ3v) is 2.29. The Hall–Kier alpha value is -1.22. The Labute approximate surface area is 74.5 Å². The predicted octanol–water partition coefficient (Wildman–Crippen LogP) is 2.11. The fourth-order valence-electron chi connectivity index (χ4n) is 1.19. The van der Waals surface area contributed by atoms with Gasteiger partial charge in [-0.05, 0) is 13.0 Å². The summed E-state index contributed by atoms with van der Waals surface area (Å²) in [4.78, 5) is 7.06. The molecule has 2 aromatic heterocycles. The van der Waals surface area contributed by atoms with Crippen LogP contribution in [-0.4, -0.2) is 9.97 Å². The first-order valence-corrected chi connectivity index (χ1v) is 3.95. The number of halogens is 1. The second kappa shape index (κ2) is 2.38. The van der Waals surface area contributed by atoms with Gasteiger partial charge in [-0.1, -0.05) is 11.6 Å². The van der Waals surface area contributed by atoms with Crippen LogP contribution in [0.2, 0.25) is 5.02 Å². The average molecular weight is 182 g/mol. The first-order chi connectivity index (χ1) is 5.68. The van der Waals surface area contributed by atoms with Crippen molar-refractivity contribution in [3.05, 3.63) is 23.0 Å². The molecule has 0 amide bonds. The molecule has 4 heteroatoms. The Morgan fingerprint density at radius 3 is 3.08 bits per heavy atom. The number of nitrogens with two attached hydrogens (primary N) is 1. The number of nitrogens with one attached hydrogen (secondary N) is 1. The molecular formula is C8H8ClN3. The van der Waals surface area contributed by atoms with Gasteiger partial charge in [0.1, 0.15) is 5.82 Å². The molecule has 2 heterocycles. The van der Waals surface area contributed by atoms with Gasteiger partial charge in [-0.3, -0.25) is 4.98 Å². The number of nitrogens with zero attached hydrogens (tertiary/aromatic N) is 1. The largest absolute Gasteiger partial charge is 0.385 e. The van der Waals surface area contributed by atoms with Crippen molar-refractivity contribution in [3.63, 3.8) is 0 Å². The molecule has 0 saturated heterocycles. The number of pyridine rings is 1. The van der Waals surface area contributed by atoms with Gasteiger partial charge in [0.2, 0.25) is 0 Å². The molecule has 62 valence electrons. The fourth-order valence-corrected chi connectivity index (χ4v) is 1.39. The van der Waals surface area contributed by atoms with E-state index in [4.69, 9.17) is 17.3 Å². The van der Waals surface area contributed by atoms with E-state index in [0.717, 1.165) is 16.6 Å². The number of H-pyrrole nitrogens is 1. The molecule has 2 rings (SSSR count). The van der Waals surface area contributed by atoms with Crippen LogP contribution < -0.4 is 5.73 Å². The zero-order chi connectivity index (χ0) is 8.72. The van der Waals surface area contributed by atoms with Crippen molar-refractivity contribution in [1.29, 1.82) is 0 Å². The lowest BCUT2D eigenvalue weighted by Gasteiger charge is -1.96. The van der Waals surface area contributed by atoms with E-state index in [1.807, 2.05) is 13.0 Å². The van der Waals surface area contributed by atoms with Crippen molar-refractivity contribution in [1.82, 2.24) is 9.97 Å². The van der Waals surface area contributed by atoms with Gasteiger partial charge in [-0.25, -0.2) is 0 Å². The van der Waals surface area contributed by atoms with E-state index in [1.165, 1.54) is 0 Å². The number of rotatable bonds is 0. The van der Waals surface area contributed by atoms with Crippen molar-refractivity contribution in [2.24, 2.45) is 0 Å². The van der Waals surface area contributed by atoms with E-state index in [-0.39, 0.29) is 0 Å². The highest BCUT2D eigenvalue weighted by Crippen LogP contribution is 2.26. The highest BCUT2D eigenvalue weighted by Gasteiger charge is 2.05. The first-order valence-electron chi connectivity index (χ1n) is 3.58. The van der Waals surface area contributed by atoms with Gasteiger partial charge in [0, 0.05) is 5.39 Å². The number of fused-ring (bicyclic) bond motifs is 1. The molecule has 0 spiro atoms. The molecule has 3 N–H and O–H groups in total. The van der Waals surface area contributed by atoms with E-state index in [2.05, 4.69) is 9.97 Å². The molecule has 0 saturated carbocycles. The van der Waals surface area contributed by atoms with Crippen LogP contribution >= 0.6 is 11.6 Å². The quantitative estimate of drug-likeness (QED) is 0.654. The minimum atomic E-state index is 0.610. The minimum Gasteiger partial charge on any atom is -0.385 e. The van der Waals surface area contributed by atoms with Crippen molar-refractivity contribution in [3.8, 4) is 0 Å². The summed E-state index contributed by atoms with van der Waals surface area (Å²) in [5.41, 5.74) is 7.27. The average Bonchev–Trinajstić information content (AvgIpc) is 2.39. The SMILES string of the molecule is Cc1ncc2[nH]c(N)cc2c1Cl. The number of hydrogen-bond donors (Lipinski definition) is 2. The third-order valence-electron chi connectivity index (χ3n) is 1.81. The van der Waals surface area contributed by atoms with Gasteiger partial charge in [-0.15, -0.1) is 0 Å². The van der Waals surface area contributed by atoms with Crippen LogP contribution in [0.5, 0.6) is 0 Å². The molecule has 0 fully saturated rings. The van der Waals surface area contributed by atoms with Crippen LogP contribution in [0.4, 0.5) is 5.82 Å². The molecule has 0 radical (unpaired) electrons. The zero-order valence-corrected chi connectivity index (χ0v) is 7.31. The Kier molecular flexibility index (Phi) is 1.48. The summed E-state index contributed by atoms with van der Waals surface area (Å²) in [5.74, 6) is 0.610. The second-order valence-electron chi connectivity index (χ2n) is 2.71. The molecule has 0 aliphatic carbocycles. The highest BCUT2D eigenvalue weighted by molar-refractivity contribution is 6.36. The zero-order valence-electron chi connectivity index (χ0n) is 6.56. The number of aromatic amines is 1. The summed E-state index contributed by atoms with van der Waals surface area (Å²) in [6.07, 6.45) is 1.73. The second-order valence-corrected chi connectivity index (χ2v) is 3.09. The number of aryl methyl sites for hydroxylation is 1. The first kappa shape index (κ1) is 7.43. The Morgan fingerprint density at radius 2 is 2.33 bits per heavy atom. The highest BCUT2D eigenvalue weighted by atomic mass is 35.5. The summed E-state index contributed by atoms with van der Waals surface area (Å²) in [5, 5.41) is 1.60. The van der Waals surface area contributed by atoms with Crippen molar-refractivity contribution in [2.75, 3.05) is 5.73 Å². The van der Waals surface area contributed by atoms with Crippen LogP contribution in [0, 0.1) is 6.92 Å². The van der Waals surface area contributed by atoms with Gasteiger partial charge < -0.3 is 10.7 Å². The van der Waals surface area contributed by atoms with Gasteiger partial charge in [0.15, 0.2) is 0 Å². The molecular weight excluding hydrogens is 174 g/mol. The van der Waals surface area contributed by atoms with Crippen molar-refractivity contribution < 1.29 is 0 Å². The lowest BCUT2D eigenvalue weighted by molar-refractivity contribution is 1.22. The van der Waals surface area contributed by atoms with E-state index >= 15 is 0 Å². The normalized spacial score (nSPS) is 10.8. The molecule has 0 bridgehead atoms. The number of hydrogen-bond acceptors (Lipinski definition) is 2.